The van der Waals surface area contributed by atoms with Crippen LogP contribution in [-0.2, 0) is 6.42 Å². The quantitative estimate of drug-likeness (QED) is 0.533. The van der Waals surface area contributed by atoms with E-state index in [0.29, 0.717) is 5.02 Å². The minimum absolute atomic E-state index is 0.0738. The summed E-state index contributed by atoms with van der Waals surface area (Å²) >= 11 is 13.2. The Morgan fingerprint density at radius 2 is 2.00 bits per heavy atom. The van der Waals surface area contributed by atoms with Gasteiger partial charge in [0.25, 0.3) is 0 Å². The molecule has 0 aliphatic heterocycles. The van der Waals surface area contributed by atoms with Gasteiger partial charge in [-0.1, -0.05) is 33.6 Å². The zero-order valence-electron chi connectivity index (χ0n) is 11.4. The van der Waals surface area contributed by atoms with Gasteiger partial charge in [0.2, 0.25) is 0 Å². The van der Waals surface area contributed by atoms with Crippen LogP contribution < -0.4 is 16.0 Å². The molecule has 0 saturated carbocycles. The minimum Gasteiger partial charge on any atom is -0.496 e. The Morgan fingerprint density at radius 3 is 2.62 bits per heavy atom. The van der Waals surface area contributed by atoms with Crippen LogP contribution in [0.5, 0.6) is 5.75 Å². The second kappa shape index (κ2) is 7.61. The molecule has 2 aromatic carbocycles. The molecule has 2 aromatic rings. The van der Waals surface area contributed by atoms with Crippen molar-refractivity contribution in [1.29, 1.82) is 0 Å². The van der Waals surface area contributed by atoms with Gasteiger partial charge in [-0.2, -0.15) is 0 Å². The number of nitrogens with one attached hydrogen (secondary N) is 1. The monoisotopic (exact) mass is 432 g/mol. The molecule has 3 nitrogen and oxygen atoms in total. The highest BCUT2D eigenvalue weighted by Crippen LogP contribution is 2.31. The molecule has 1 unspecified atom stereocenters. The summed E-state index contributed by atoms with van der Waals surface area (Å²) in [6.07, 6.45) is 0.718. The van der Waals surface area contributed by atoms with Gasteiger partial charge in [0.1, 0.15) is 5.75 Å². The van der Waals surface area contributed by atoms with Gasteiger partial charge in [-0.15, -0.1) is 0 Å². The summed E-state index contributed by atoms with van der Waals surface area (Å²) in [5, 5.41) is 0.689. The number of methoxy groups -OCH3 is 1. The fraction of sp³-hybridized carbons (Fsp3) is 0.200. The van der Waals surface area contributed by atoms with E-state index in [1.807, 2.05) is 36.4 Å². The van der Waals surface area contributed by atoms with Crippen molar-refractivity contribution in [1.82, 2.24) is 5.43 Å². The summed E-state index contributed by atoms with van der Waals surface area (Å²) in [6.45, 7) is 0. The Balaban J connectivity index is 2.26. The lowest BCUT2D eigenvalue weighted by molar-refractivity contribution is 0.412. The molecule has 0 aliphatic rings. The van der Waals surface area contributed by atoms with Crippen LogP contribution in [0.25, 0.3) is 0 Å². The molecule has 0 heterocycles. The number of nitrogens with two attached hydrogens (primary N) is 1. The Kier molecular flexibility index (Phi) is 6.08. The molecule has 3 N–H and O–H groups in total. The molecule has 0 radical (unpaired) electrons. The van der Waals surface area contributed by atoms with Crippen LogP contribution in [0.1, 0.15) is 17.2 Å². The van der Waals surface area contributed by atoms with E-state index < -0.39 is 0 Å². The maximum Gasteiger partial charge on any atom is 0.133 e. The number of ether oxygens (including phenoxy) is 1. The molecule has 0 amide bonds. The third-order valence-electron chi connectivity index (χ3n) is 3.19. The molecular weight excluding hydrogens is 419 g/mol. The van der Waals surface area contributed by atoms with Crippen molar-refractivity contribution < 1.29 is 4.74 Å². The van der Waals surface area contributed by atoms with Crippen LogP contribution in [0.4, 0.5) is 0 Å². The van der Waals surface area contributed by atoms with Crippen molar-refractivity contribution in [2.24, 2.45) is 5.84 Å². The normalized spacial score (nSPS) is 12.2. The SMILES string of the molecule is COc1ccc(CC(NN)c2cc(Br)ccc2Cl)cc1Br. The zero-order chi connectivity index (χ0) is 15.4. The van der Waals surface area contributed by atoms with E-state index in [0.717, 1.165) is 32.2 Å². The van der Waals surface area contributed by atoms with E-state index in [9.17, 15) is 0 Å². The Bertz CT molecular complexity index is 637. The topological polar surface area (TPSA) is 47.3 Å². The summed E-state index contributed by atoms with van der Waals surface area (Å²) in [5.74, 6) is 6.51. The molecule has 0 bridgehead atoms. The number of hydrogen-bond acceptors (Lipinski definition) is 3. The van der Waals surface area contributed by atoms with Crippen molar-refractivity contribution in [3.05, 3.63) is 61.5 Å². The number of benzene rings is 2. The lowest BCUT2D eigenvalue weighted by atomic mass is 9.99. The molecule has 1 atom stereocenters. The highest BCUT2D eigenvalue weighted by Gasteiger charge is 2.15. The third-order valence-corrected chi connectivity index (χ3v) is 4.65. The maximum absolute atomic E-state index is 6.27. The number of hydrogen-bond donors (Lipinski definition) is 2. The molecule has 0 spiro atoms. The fourth-order valence-electron chi connectivity index (χ4n) is 2.11. The molecule has 0 saturated heterocycles. The second-order valence-corrected chi connectivity index (χ2v) is 6.74. The van der Waals surface area contributed by atoms with Crippen LogP contribution in [0.3, 0.4) is 0 Å². The van der Waals surface area contributed by atoms with Crippen molar-refractivity contribution >= 4 is 43.5 Å². The second-order valence-electron chi connectivity index (χ2n) is 4.56. The molecule has 21 heavy (non-hydrogen) atoms. The molecule has 0 aliphatic carbocycles. The van der Waals surface area contributed by atoms with Gasteiger partial charge in [-0.25, -0.2) is 0 Å². The van der Waals surface area contributed by atoms with Gasteiger partial charge in [-0.3, -0.25) is 11.3 Å². The van der Waals surface area contributed by atoms with Crippen molar-refractivity contribution in [2.75, 3.05) is 7.11 Å². The lowest BCUT2D eigenvalue weighted by Crippen LogP contribution is -2.29. The Labute approximate surface area is 146 Å². The molecule has 0 aromatic heterocycles. The summed E-state index contributed by atoms with van der Waals surface area (Å²) in [6, 6.07) is 11.6. The van der Waals surface area contributed by atoms with Gasteiger partial charge in [0.15, 0.2) is 0 Å². The lowest BCUT2D eigenvalue weighted by Gasteiger charge is -2.18. The average molecular weight is 435 g/mol. The summed E-state index contributed by atoms with van der Waals surface area (Å²) in [4.78, 5) is 0. The van der Waals surface area contributed by atoms with Crippen LogP contribution in [0, 0.1) is 0 Å². The van der Waals surface area contributed by atoms with E-state index in [1.54, 1.807) is 7.11 Å². The first-order valence-electron chi connectivity index (χ1n) is 6.28. The summed E-state index contributed by atoms with van der Waals surface area (Å²) in [5.41, 5.74) is 4.92. The molecule has 0 fully saturated rings. The first-order valence-corrected chi connectivity index (χ1v) is 8.25. The van der Waals surface area contributed by atoms with E-state index in [4.69, 9.17) is 22.2 Å². The number of hydrazine groups is 1. The highest BCUT2D eigenvalue weighted by molar-refractivity contribution is 9.10. The average Bonchev–Trinajstić information content (AvgIpc) is 2.47. The largest absolute Gasteiger partial charge is 0.496 e. The first-order chi connectivity index (χ1) is 10.0. The fourth-order valence-corrected chi connectivity index (χ4v) is 3.33. The molecular formula is C15H15Br2ClN2O. The van der Waals surface area contributed by atoms with E-state index in [1.165, 1.54) is 0 Å². The van der Waals surface area contributed by atoms with Crippen molar-refractivity contribution in [3.63, 3.8) is 0 Å². The van der Waals surface area contributed by atoms with E-state index >= 15 is 0 Å². The Hall–Kier alpha value is -0.590. The number of rotatable bonds is 5. The molecule has 2 rings (SSSR count). The standard InChI is InChI=1S/C15H15Br2ClN2O/c1-21-15-5-2-9(6-12(15)17)7-14(20-19)11-8-10(16)3-4-13(11)18/h2-6,8,14,20H,7,19H2,1H3. The summed E-state index contributed by atoms with van der Waals surface area (Å²) in [7, 11) is 1.64. The third kappa shape index (κ3) is 4.20. The highest BCUT2D eigenvalue weighted by atomic mass is 79.9. The van der Waals surface area contributed by atoms with Gasteiger partial charge in [0.05, 0.1) is 17.6 Å². The van der Waals surface area contributed by atoms with Crippen molar-refractivity contribution in [3.8, 4) is 5.75 Å². The van der Waals surface area contributed by atoms with E-state index in [2.05, 4.69) is 37.3 Å². The van der Waals surface area contributed by atoms with Gasteiger partial charge < -0.3 is 4.74 Å². The van der Waals surface area contributed by atoms with Crippen molar-refractivity contribution in [2.45, 2.75) is 12.5 Å². The van der Waals surface area contributed by atoms with Crippen LogP contribution in [-0.4, -0.2) is 7.11 Å². The van der Waals surface area contributed by atoms with Gasteiger partial charge in [0, 0.05) is 9.50 Å². The zero-order valence-corrected chi connectivity index (χ0v) is 15.3. The predicted molar refractivity (Wildman–Crippen MR) is 93.6 cm³/mol. The van der Waals surface area contributed by atoms with Crippen LogP contribution >= 0.6 is 43.5 Å². The maximum atomic E-state index is 6.27. The summed E-state index contributed by atoms with van der Waals surface area (Å²) < 4.78 is 7.12. The number of halogens is 3. The molecule has 112 valence electrons. The predicted octanol–water partition coefficient (Wildman–Crippen LogP) is 4.62. The van der Waals surface area contributed by atoms with Gasteiger partial charge >= 0.3 is 0 Å². The first kappa shape index (κ1) is 16.8. The Morgan fingerprint density at radius 1 is 1.24 bits per heavy atom. The van der Waals surface area contributed by atoms with E-state index in [-0.39, 0.29) is 6.04 Å². The van der Waals surface area contributed by atoms with Gasteiger partial charge in [-0.05, 0) is 63.8 Å². The van der Waals surface area contributed by atoms with Crippen LogP contribution in [0.2, 0.25) is 5.02 Å². The molecule has 6 heteroatoms. The minimum atomic E-state index is -0.0738. The smallest absolute Gasteiger partial charge is 0.133 e. The van der Waals surface area contributed by atoms with Crippen LogP contribution in [0.15, 0.2) is 45.3 Å².